The molecule has 2 nitrogen and oxygen atoms in total. The number of para-hydroxylation sites is 2. The molecule has 1 heterocycles. The van der Waals surface area contributed by atoms with Crippen LogP contribution in [-0.2, 0) is 0 Å². The Labute approximate surface area is 108 Å². The third kappa shape index (κ3) is 1.80. The Kier molecular flexibility index (Phi) is 2.63. The molecule has 1 aliphatic rings. The van der Waals surface area contributed by atoms with Crippen molar-refractivity contribution >= 4 is 17.6 Å². The van der Waals surface area contributed by atoms with Crippen LogP contribution in [0.25, 0.3) is 0 Å². The number of hydrogen-bond acceptors (Lipinski definition) is 1. The van der Waals surface area contributed by atoms with E-state index in [9.17, 15) is 0 Å². The van der Waals surface area contributed by atoms with Gasteiger partial charge in [0.25, 0.3) is 0 Å². The standard InChI is InChI=1S/C16H17N2/c1-13-7-6-8-14-11-18(12-17(2)16(13)14)15-9-4-3-5-10-15/h3-11H,12H2,1-2H3/q+1. The van der Waals surface area contributed by atoms with Crippen molar-refractivity contribution < 1.29 is 4.58 Å². The smallest absolute Gasteiger partial charge is 0.224 e. The molecule has 0 saturated heterocycles. The maximum absolute atomic E-state index is 2.30. The first-order valence-corrected chi connectivity index (χ1v) is 6.23. The Morgan fingerprint density at radius 3 is 2.56 bits per heavy atom. The highest BCUT2D eigenvalue weighted by Gasteiger charge is 2.22. The molecule has 0 amide bonds. The quantitative estimate of drug-likeness (QED) is 0.690. The summed E-state index contributed by atoms with van der Waals surface area (Å²) in [5.41, 5.74) is 5.19. The van der Waals surface area contributed by atoms with Gasteiger partial charge in [0, 0.05) is 19.2 Å². The molecule has 3 rings (SSSR count). The van der Waals surface area contributed by atoms with Crippen LogP contribution in [0.5, 0.6) is 0 Å². The Hall–Kier alpha value is -2.09. The molecule has 1 aliphatic heterocycles. The zero-order valence-electron chi connectivity index (χ0n) is 10.8. The average molecular weight is 237 g/mol. The first-order valence-electron chi connectivity index (χ1n) is 6.23. The molecule has 0 N–H and O–H groups in total. The molecule has 2 aromatic carbocycles. The van der Waals surface area contributed by atoms with Crippen LogP contribution >= 0.6 is 0 Å². The highest BCUT2D eigenvalue weighted by atomic mass is 15.3. The van der Waals surface area contributed by atoms with Crippen LogP contribution in [-0.4, -0.2) is 24.5 Å². The van der Waals surface area contributed by atoms with Gasteiger partial charge in [-0.25, -0.2) is 0 Å². The van der Waals surface area contributed by atoms with Crippen LogP contribution in [0.4, 0.5) is 11.4 Å². The van der Waals surface area contributed by atoms with E-state index in [4.69, 9.17) is 0 Å². The molecule has 0 atom stereocenters. The third-order valence-electron chi connectivity index (χ3n) is 3.40. The predicted octanol–water partition coefficient (Wildman–Crippen LogP) is 3.17. The van der Waals surface area contributed by atoms with E-state index in [2.05, 4.69) is 78.2 Å². The van der Waals surface area contributed by atoms with Gasteiger partial charge in [-0.05, 0) is 18.6 Å². The molecule has 0 bridgehead atoms. The average Bonchev–Trinajstić information content (AvgIpc) is 2.39. The first kappa shape index (κ1) is 11.0. The van der Waals surface area contributed by atoms with E-state index in [1.807, 2.05) is 0 Å². The molecule has 2 heteroatoms. The topological polar surface area (TPSA) is 6.25 Å². The number of anilines is 1. The SMILES string of the molecule is Cc1cccc2c1N(C)C[N+](c1ccccc1)=C2. The summed E-state index contributed by atoms with van der Waals surface area (Å²) < 4.78 is 2.28. The molecular formula is C16H17N2+. The highest BCUT2D eigenvalue weighted by molar-refractivity contribution is 5.88. The van der Waals surface area contributed by atoms with Crippen molar-refractivity contribution in [2.45, 2.75) is 6.92 Å². The van der Waals surface area contributed by atoms with Crippen LogP contribution in [0.2, 0.25) is 0 Å². The molecule has 0 spiro atoms. The van der Waals surface area contributed by atoms with Gasteiger partial charge in [0.15, 0.2) is 6.21 Å². The predicted molar refractivity (Wildman–Crippen MR) is 76.0 cm³/mol. The lowest BCUT2D eigenvalue weighted by atomic mass is 10.1. The fraction of sp³-hybridized carbons (Fsp3) is 0.188. The lowest BCUT2D eigenvalue weighted by Crippen LogP contribution is -2.32. The van der Waals surface area contributed by atoms with E-state index in [1.54, 1.807) is 0 Å². The van der Waals surface area contributed by atoms with Crippen molar-refractivity contribution in [3.8, 4) is 0 Å². The molecule has 0 aliphatic carbocycles. The van der Waals surface area contributed by atoms with E-state index < -0.39 is 0 Å². The summed E-state index contributed by atoms with van der Waals surface area (Å²) in [4.78, 5) is 2.30. The minimum atomic E-state index is 0.891. The Morgan fingerprint density at radius 2 is 1.78 bits per heavy atom. The van der Waals surface area contributed by atoms with Gasteiger partial charge in [-0.1, -0.05) is 30.3 Å². The van der Waals surface area contributed by atoms with Crippen molar-refractivity contribution in [1.29, 1.82) is 0 Å². The van der Waals surface area contributed by atoms with Crippen LogP contribution in [0.3, 0.4) is 0 Å². The van der Waals surface area contributed by atoms with Crippen molar-refractivity contribution in [1.82, 2.24) is 0 Å². The van der Waals surface area contributed by atoms with E-state index >= 15 is 0 Å². The number of nitrogens with zero attached hydrogens (tertiary/aromatic N) is 2. The molecule has 90 valence electrons. The number of benzene rings is 2. The largest absolute Gasteiger partial charge is 0.319 e. The minimum absolute atomic E-state index is 0.891. The maximum atomic E-state index is 2.30. The summed E-state index contributed by atoms with van der Waals surface area (Å²) in [5, 5.41) is 0. The number of rotatable bonds is 1. The second-order valence-corrected chi connectivity index (χ2v) is 4.79. The van der Waals surface area contributed by atoms with Crippen LogP contribution in [0.15, 0.2) is 48.5 Å². The summed E-state index contributed by atoms with van der Waals surface area (Å²) in [6.07, 6.45) is 2.23. The van der Waals surface area contributed by atoms with Gasteiger partial charge in [-0.3, -0.25) is 0 Å². The molecule has 0 fully saturated rings. The van der Waals surface area contributed by atoms with E-state index in [-0.39, 0.29) is 0 Å². The van der Waals surface area contributed by atoms with Crippen molar-refractivity contribution in [2.24, 2.45) is 0 Å². The summed E-state index contributed by atoms with van der Waals surface area (Å²) in [6, 6.07) is 17.0. The van der Waals surface area contributed by atoms with Crippen LogP contribution in [0.1, 0.15) is 11.1 Å². The molecule has 0 radical (unpaired) electrons. The normalized spacial score (nSPS) is 14.1. The van der Waals surface area contributed by atoms with Gasteiger partial charge in [-0.15, -0.1) is 0 Å². The third-order valence-corrected chi connectivity index (χ3v) is 3.40. The monoisotopic (exact) mass is 237 g/mol. The zero-order valence-corrected chi connectivity index (χ0v) is 10.8. The molecule has 18 heavy (non-hydrogen) atoms. The number of fused-ring (bicyclic) bond motifs is 1. The van der Waals surface area contributed by atoms with Gasteiger partial charge in [-0.2, -0.15) is 4.58 Å². The lowest BCUT2D eigenvalue weighted by molar-refractivity contribution is -0.435. The second kappa shape index (κ2) is 4.30. The molecule has 2 aromatic rings. The fourth-order valence-electron chi connectivity index (χ4n) is 2.59. The first-order chi connectivity index (χ1) is 8.75. The summed E-state index contributed by atoms with van der Waals surface area (Å²) in [7, 11) is 2.15. The Bertz CT molecular complexity index is 600. The summed E-state index contributed by atoms with van der Waals surface area (Å²) in [5.74, 6) is 0. The van der Waals surface area contributed by atoms with Crippen molar-refractivity contribution in [3.63, 3.8) is 0 Å². The minimum Gasteiger partial charge on any atom is -0.319 e. The van der Waals surface area contributed by atoms with Gasteiger partial charge in [0.1, 0.15) is 0 Å². The molecule has 0 unspecified atom stereocenters. The highest BCUT2D eigenvalue weighted by Crippen LogP contribution is 2.27. The van der Waals surface area contributed by atoms with Gasteiger partial charge in [0.05, 0.1) is 11.3 Å². The van der Waals surface area contributed by atoms with Crippen molar-refractivity contribution in [3.05, 3.63) is 59.7 Å². The Morgan fingerprint density at radius 1 is 1.00 bits per heavy atom. The number of hydrogen-bond donors (Lipinski definition) is 0. The van der Waals surface area contributed by atoms with Crippen LogP contribution in [0, 0.1) is 6.92 Å². The van der Waals surface area contributed by atoms with Crippen molar-refractivity contribution in [2.75, 3.05) is 18.6 Å². The van der Waals surface area contributed by atoms with E-state index in [0.717, 1.165) is 6.67 Å². The van der Waals surface area contributed by atoms with E-state index in [1.165, 1.54) is 22.5 Å². The number of aryl methyl sites for hydroxylation is 1. The van der Waals surface area contributed by atoms with Crippen LogP contribution < -0.4 is 4.90 Å². The summed E-state index contributed by atoms with van der Waals surface area (Å²) >= 11 is 0. The van der Waals surface area contributed by atoms with E-state index in [0.29, 0.717) is 0 Å². The molecular weight excluding hydrogens is 220 g/mol. The molecule has 0 saturated carbocycles. The zero-order chi connectivity index (χ0) is 12.5. The lowest BCUT2D eigenvalue weighted by Gasteiger charge is -2.24. The van der Waals surface area contributed by atoms with Gasteiger partial charge in [0.2, 0.25) is 12.4 Å². The second-order valence-electron chi connectivity index (χ2n) is 4.79. The Balaban J connectivity index is 2.11. The van der Waals surface area contributed by atoms with Gasteiger partial charge < -0.3 is 4.90 Å². The summed E-state index contributed by atoms with van der Waals surface area (Å²) in [6.45, 7) is 3.06. The molecule has 0 aromatic heterocycles. The maximum Gasteiger partial charge on any atom is 0.224 e. The fourth-order valence-corrected chi connectivity index (χ4v) is 2.59. The van der Waals surface area contributed by atoms with Gasteiger partial charge >= 0.3 is 0 Å².